The molecule has 172 valence electrons. The number of carbonyl (C=O) groups excluding carboxylic acids is 2. The van der Waals surface area contributed by atoms with Crippen LogP contribution in [0.1, 0.15) is 36.2 Å². The Morgan fingerprint density at radius 1 is 1.12 bits per heavy atom. The predicted octanol–water partition coefficient (Wildman–Crippen LogP) is 5.57. The molecule has 33 heavy (non-hydrogen) atoms. The first-order valence-electron chi connectivity index (χ1n) is 10.6. The van der Waals surface area contributed by atoms with Crippen LogP contribution in [0.25, 0.3) is 6.08 Å². The maximum absolute atomic E-state index is 12.6. The zero-order valence-corrected chi connectivity index (χ0v) is 20.3. The maximum Gasteiger partial charge on any atom is 0.248 e. The summed E-state index contributed by atoms with van der Waals surface area (Å²) in [6.45, 7) is 6.81. The van der Waals surface area contributed by atoms with Crippen LogP contribution >= 0.6 is 23.2 Å². The number of hydrogen-bond acceptors (Lipinski definition) is 3. The highest BCUT2D eigenvalue weighted by Gasteiger charge is 2.13. The molecule has 0 saturated carbocycles. The van der Waals surface area contributed by atoms with E-state index in [0.29, 0.717) is 41.1 Å². The highest BCUT2D eigenvalue weighted by molar-refractivity contribution is 6.31. The van der Waals surface area contributed by atoms with E-state index in [0.717, 1.165) is 16.8 Å². The number of aromatic nitrogens is 2. The number of benzene rings is 2. The van der Waals surface area contributed by atoms with Crippen LogP contribution in [-0.4, -0.2) is 33.0 Å². The molecule has 0 fully saturated rings. The van der Waals surface area contributed by atoms with Crippen molar-refractivity contribution >= 4 is 46.8 Å². The van der Waals surface area contributed by atoms with Gasteiger partial charge in [0.25, 0.3) is 0 Å². The summed E-state index contributed by atoms with van der Waals surface area (Å²) in [5.41, 5.74) is 3.94. The van der Waals surface area contributed by atoms with Crippen molar-refractivity contribution in [1.82, 2.24) is 14.7 Å². The van der Waals surface area contributed by atoms with E-state index in [-0.39, 0.29) is 11.8 Å². The molecule has 6 nitrogen and oxygen atoms in total. The molecule has 0 unspecified atom stereocenters. The first-order valence-corrected chi connectivity index (χ1v) is 11.3. The molecule has 1 N–H and O–H groups in total. The number of nitrogens with one attached hydrogen (secondary N) is 1. The summed E-state index contributed by atoms with van der Waals surface area (Å²) in [7, 11) is 0. The summed E-state index contributed by atoms with van der Waals surface area (Å²) < 4.78 is 1.69. The number of aryl methyl sites for hydroxylation is 1. The Hall–Kier alpha value is -3.09. The smallest absolute Gasteiger partial charge is 0.248 e. The molecule has 0 saturated heterocycles. The van der Waals surface area contributed by atoms with Crippen molar-refractivity contribution in [2.75, 3.05) is 11.9 Å². The number of amides is 2. The van der Waals surface area contributed by atoms with Gasteiger partial charge in [0, 0.05) is 42.4 Å². The minimum atomic E-state index is -0.297. The largest absolute Gasteiger partial charge is 0.339 e. The molecule has 2 amide bonds. The van der Waals surface area contributed by atoms with Gasteiger partial charge in [-0.25, -0.2) is 4.68 Å². The lowest BCUT2D eigenvalue weighted by Gasteiger charge is -2.20. The van der Waals surface area contributed by atoms with Gasteiger partial charge in [-0.1, -0.05) is 53.5 Å². The van der Waals surface area contributed by atoms with E-state index in [2.05, 4.69) is 10.4 Å². The Balaban J connectivity index is 1.72. The monoisotopic (exact) mass is 484 g/mol. The molecule has 8 heteroatoms. The second kappa shape index (κ2) is 11.2. The van der Waals surface area contributed by atoms with Crippen molar-refractivity contribution in [3.05, 3.63) is 87.2 Å². The second-order valence-electron chi connectivity index (χ2n) is 7.59. The summed E-state index contributed by atoms with van der Waals surface area (Å²) in [6.07, 6.45) is 3.09. The Kier molecular flexibility index (Phi) is 8.31. The normalized spacial score (nSPS) is 11.1. The standard InChI is InChI=1S/C25H26Cl2N4O2/c1-4-30(18(3)32)16-20-7-5-6-8-23(20)28-24(33)14-13-22-17(2)29-31(25(22)27)15-19-9-11-21(26)12-10-19/h5-14H,4,15-16H2,1-3H3,(H,28,33)/b14-13+. The van der Waals surface area contributed by atoms with Crippen LogP contribution in [0.15, 0.2) is 54.6 Å². The summed E-state index contributed by atoms with van der Waals surface area (Å²) in [5.74, 6) is -0.312. The van der Waals surface area contributed by atoms with Gasteiger partial charge in [-0.05, 0) is 49.2 Å². The minimum Gasteiger partial charge on any atom is -0.339 e. The average Bonchev–Trinajstić information content (AvgIpc) is 3.05. The van der Waals surface area contributed by atoms with Gasteiger partial charge in [-0.15, -0.1) is 0 Å². The maximum atomic E-state index is 12.6. The van der Waals surface area contributed by atoms with Gasteiger partial charge in [0.1, 0.15) is 5.15 Å². The minimum absolute atomic E-state index is 0.0146. The van der Waals surface area contributed by atoms with E-state index < -0.39 is 0 Å². The fourth-order valence-electron chi connectivity index (χ4n) is 3.39. The van der Waals surface area contributed by atoms with E-state index in [9.17, 15) is 9.59 Å². The quantitative estimate of drug-likeness (QED) is 0.425. The molecule has 0 aliphatic rings. The Bertz CT molecular complexity index is 1170. The van der Waals surface area contributed by atoms with E-state index in [1.54, 1.807) is 15.7 Å². The SMILES string of the molecule is CCN(Cc1ccccc1NC(=O)/C=C/c1c(C)nn(Cc2ccc(Cl)cc2)c1Cl)C(C)=O. The van der Waals surface area contributed by atoms with Crippen molar-refractivity contribution in [2.24, 2.45) is 0 Å². The molecule has 0 aliphatic carbocycles. The highest BCUT2D eigenvalue weighted by Crippen LogP contribution is 2.23. The number of para-hydroxylation sites is 1. The van der Waals surface area contributed by atoms with E-state index >= 15 is 0 Å². The Morgan fingerprint density at radius 2 is 1.82 bits per heavy atom. The van der Waals surface area contributed by atoms with Crippen molar-refractivity contribution in [2.45, 2.75) is 33.9 Å². The van der Waals surface area contributed by atoms with E-state index in [1.807, 2.05) is 62.4 Å². The number of anilines is 1. The van der Waals surface area contributed by atoms with Gasteiger partial charge in [-0.2, -0.15) is 5.10 Å². The van der Waals surface area contributed by atoms with Crippen molar-refractivity contribution in [1.29, 1.82) is 0 Å². The average molecular weight is 485 g/mol. The lowest BCUT2D eigenvalue weighted by atomic mass is 10.1. The number of halogens is 2. The number of carbonyl (C=O) groups is 2. The van der Waals surface area contributed by atoms with Crippen LogP contribution in [0.3, 0.4) is 0 Å². The third kappa shape index (κ3) is 6.46. The molecule has 0 atom stereocenters. The van der Waals surface area contributed by atoms with Gasteiger partial charge < -0.3 is 10.2 Å². The number of nitrogens with zero attached hydrogens (tertiary/aromatic N) is 3. The third-order valence-electron chi connectivity index (χ3n) is 5.22. The Morgan fingerprint density at radius 3 is 2.48 bits per heavy atom. The molecule has 1 aromatic heterocycles. The van der Waals surface area contributed by atoms with Gasteiger partial charge in [0.15, 0.2) is 0 Å². The summed E-state index contributed by atoms with van der Waals surface area (Å²) in [4.78, 5) is 26.1. The third-order valence-corrected chi connectivity index (χ3v) is 5.87. The predicted molar refractivity (Wildman–Crippen MR) is 133 cm³/mol. The fourth-order valence-corrected chi connectivity index (χ4v) is 3.81. The van der Waals surface area contributed by atoms with Gasteiger partial charge in [0.2, 0.25) is 11.8 Å². The van der Waals surface area contributed by atoms with Crippen LogP contribution in [0.5, 0.6) is 0 Å². The molecular weight excluding hydrogens is 459 g/mol. The van der Waals surface area contributed by atoms with Crippen LogP contribution in [-0.2, 0) is 22.7 Å². The van der Waals surface area contributed by atoms with Crippen LogP contribution in [0.2, 0.25) is 10.2 Å². The van der Waals surface area contributed by atoms with Gasteiger partial charge >= 0.3 is 0 Å². The molecule has 3 aromatic rings. The highest BCUT2D eigenvalue weighted by atomic mass is 35.5. The topological polar surface area (TPSA) is 67.2 Å². The number of hydrogen-bond donors (Lipinski definition) is 1. The summed E-state index contributed by atoms with van der Waals surface area (Å²) in [5, 5.41) is 8.51. The van der Waals surface area contributed by atoms with Crippen molar-refractivity contribution in [3.8, 4) is 0 Å². The zero-order valence-electron chi connectivity index (χ0n) is 18.8. The molecular formula is C25H26Cl2N4O2. The first kappa shape index (κ1) is 24.6. The van der Waals surface area contributed by atoms with E-state index in [4.69, 9.17) is 23.2 Å². The van der Waals surface area contributed by atoms with Gasteiger partial charge in [0.05, 0.1) is 12.2 Å². The zero-order chi connectivity index (χ0) is 24.0. The van der Waals surface area contributed by atoms with Crippen molar-refractivity contribution < 1.29 is 9.59 Å². The van der Waals surface area contributed by atoms with Crippen molar-refractivity contribution in [3.63, 3.8) is 0 Å². The lowest BCUT2D eigenvalue weighted by molar-refractivity contribution is -0.129. The second-order valence-corrected chi connectivity index (χ2v) is 8.38. The lowest BCUT2D eigenvalue weighted by Crippen LogP contribution is -2.28. The van der Waals surface area contributed by atoms with E-state index in [1.165, 1.54) is 13.0 Å². The molecule has 2 aromatic carbocycles. The molecule has 0 bridgehead atoms. The fraction of sp³-hybridized carbons (Fsp3) is 0.240. The molecule has 0 spiro atoms. The Labute approximate surface area is 203 Å². The van der Waals surface area contributed by atoms with Crippen LogP contribution < -0.4 is 5.32 Å². The molecule has 0 radical (unpaired) electrons. The summed E-state index contributed by atoms with van der Waals surface area (Å²) in [6, 6.07) is 14.9. The molecule has 3 rings (SSSR count). The summed E-state index contributed by atoms with van der Waals surface area (Å²) >= 11 is 12.5. The molecule has 1 heterocycles. The number of rotatable bonds is 8. The van der Waals surface area contributed by atoms with Crippen LogP contribution in [0.4, 0.5) is 5.69 Å². The van der Waals surface area contributed by atoms with Gasteiger partial charge in [-0.3, -0.25) is 9.59 Å². The van der Waals surface area contributed by atoms with Crippen LogP contribution in [0, 0.1) is 6.92 Å². The molecule has 0 aliphatic heterocycles. The first-order chi connectivity index (χ1) is 15.8.